The van der Waals surface area contributed by atoms with Crippen molar-refractivity contribution in [2.45, 2.75) is 33.0 Å². The number of hydrogen-bond donors (Lipinski definition) is 3. The molecule has 0 amide bonds. The standard InChI is InChI=1S/C13H20N2O4/c1-9(2)13(17)5-6-14-11-7-10(8-16)3-4-12(11)15(18)19/h3-4,7,9,13-14,16-17H,5-6,8H2,1-2H3. The third-order valence-corrected chi connectivity index (χ3v) is 2.97. The Hall–Kier alpha value is -1.66. The molecule has 0 aromatic heterocycles. The van der Waals surface area contributed by atoms with Crippen LogP contribution in [0, 0.1) is 16.0 Å². The van der Waals surface area contributed by atoms with E-state index in [1.165, 1.54) is 12.1 Å². The summed E-state index contributed by atoms with van der Waals surface area (Å²) in [5.74, 6) is 0.153. The lowest BCUT2D eigenvalue weighted by Crippen LogP contribution is -2.19. The van der Waals surface area contributed by atoms with Crippen molar-refractivity contribution in [2.24, 2.45) is 5.92 Å². The molecule has 1 aromatic rings. The van der Waals surface area contributed by atoms with Crippen LogP contribution in [0.1, 0.15) is 25.8 Å². The monoisotopic (exact) mass is 268 g/mol. The van der Waals surface area contributed by atoms with Gasteiger partial charge in [-0.2, -0.15) is 0 Å². The number of aliphatic hydroxyl groups excluding tert-OH is 2. The molecule has 1 rings (SSSR count). The van der Waals surface area contributed by atoms with Crippen LogP contribution in [0.2, 0.25) is 0 Å². The number of nitro groups is 1. The molecule has 6 heteroatoms. The van der Waals surface area contributed by atoms with Gasteiger partial charge in [0.05, 0.1) is 17.6 Å². The summed E-state index contributed by atoms with van der Waals surface area (Å²) in [4.78, 5) is 10.4. The molecule has 1 unspecified atom stereocenters. The average molecular weight is 268 g/mol. The van der Waals surface area contributed by atoms with Crippen LogP contribution in [0.4, 0.5) is 11.4 Å². The number of hydrogen-bond acceptors (Lipinski definition) is 5. The average Bonchev–Trinajstić information content (AvgIpc) is 2.37. The van der Waals surface area contributed by atoms with Gasteiger partial charge >= 0.3 is 0 Å². The van der Waals surface area contributed by atoms with Crippen molar-refractivity contribution in [2.75, 3.05) is 11.9 Å². The van der Waals surface area contributed by atoms with Crippen molar-refractivity contribution in [1.82, 2.24) is 0 Å². The zero-order valence-corrected chi connectivity index (χ0v) is 11.2. The summed E-state index contributed by atoms with van der Waals surface area (Å²) >= 11 is 0. The van der Waals surface area contributed by atoms with Gasteiger partial charge in [-0.15, -0.1) is 0 Å². The number of aliphatic hydroxyl groups is 2. The molecule has 1 atom stereocenters. The molecule has 0 heterocycles. The third kappa shape index (κ3) is 4.50. The molecule has 3 N–H and O–H groups in total. The molecular weight excluding hydrogens is 248 g/mol. The van der Waals surface area contributed by atoms with Crippen LogP contribution in [0.25, 0.3) is 0 Å². The molecule has 6 nitrogen and oxygen atoms in total. The first-order chi connectivity index (χ1) is 8.95. The lowest BCUT2D eigenvalue weighted by molar-refractivity contribution is -0.384. The van der Waals surface area contributed by atoms with Gasteiger partial charge in [0, 0.05) is 12.6 Å². The summed E-state index contributed by atoms with van der Waals surface area (Å²) in [6, 6.07) is 4.44. The maximum Gasteiger partial charge on any atom is 0.292 e. The fraction of sp³-hybridized carbons (Fsp3) is 0.538. The van der Waals surface area contributed by atoms with Gasteiger partial charge in [0.25, 0.3) is 5.69 Å². The van der Waals surface area contributed by atoms with Crippen LogP contribution in [0.5, 0.6) is 0 Å². The quantitative estimate of drug-likeness (QED) is 0.518. The number of benzene rings is 1. The van der Waals surface area contributed by atoms with Crippen LogP contribution >= 0.6 is 0 Å². The zero-order chi connectivity index (χ0) is 14.4. The minimum atomic E-state index is -0.470. The van der Waals surface area contributed by atoms with E-state index in [2.05, 4.69) is 5.32 Å². The molecule has 0 fully saturated rings. The number of rotatable bonds is 7. The maximum absolute atomic E-state index is 10.9. The third-order valence-electron chi connectivity index (χ3n) is 2.97. The SMILES string of the molecule is CC(C)C(O)CCNc1cc(CO)ccc1[N+](=O)[O-]. The van der Waals surface area contributed by atoms with E-state index in [-0.39, 0.29) is 18.2 Å². The zero-order valence-electron chi connectivity index (χ0n) is 11.2. The Kier molecular flexibility index (Phi) is 5.72. The predicted molar refractivity (Wildman–Crippen MR) is 73.0 cm³/mol. The second-order valence-corrected chi connectivity index (χ2v) is 4.79. The van der Waals surface area contributed by atoms with Gasteiger partial charge in [-0.1, -0.05) is 13.8 Å². The van der Waals surface area contributed by atoms with E-state index in [1.54, 1.807) is 6.07 Å². The molecule has 0 spiro atoms. The van der Waals surface area contributed by atoms with Crippen molar-refractivity contribution in [1.29, 1.82) is 0 Å². The van der Waals surface area contributed by atoms with E-state index < -0.39 is 11.0 Å². The first-order valence-corrected chi connectivity index (χ1v) is 6.25. The van der Waals surface area contributed by atoms with E-state index in [0.717, 1.165) is 0 Å². The highest BCUT2D eigenvalue weighted by molar-refractivity contribution is 5.62. The van der Waals surface area contributed by atoms with E-state index in [1.807, 2.05) is 13.8 Å². The molecule has 0 radical (unpaired) electrons. The molecule has 19 heavy (non-hydrogen) atoms. The minimum Gasteiger partial charge on any atom is -0.393 e. The molecule has 0 bridgehead atoms. The first kappa shape index (κ1) is 15.4. The van der Waals surface area contributed by atoms with Gasteiger partial charge in [0.15, 0.2) is 0 Å². The van der Waals surface area contributed by atoms with Crippen molar-refractivity contribution in [3.63, 3.8) is 0 Å². The van der Waals surface area contributed by atoms with Gasteiger partial charge < -0.3 is 15.5 Å². The summed E-state index contributed by atoms with van der Waals surface area (Å²) in [7, 11) is 0. The number of anilines is 1. The predicted octanol–water partition coefficient (Wildman–Crippen LogP) is 1.91. The largest absolute Gasteiger partial charge is 0.393 e. The van der Waals surface area contributed by atoms with E-state index in [4.69, 9.17) is 5.11 Å². The first-order valence-electron chi connectivity index (χ1n) is 6.25. The summed E-state index contributed by atoms with van der Waals surface area (Å²) in [6.45, 7) is 4.11. The molecule has 1 aromatic carbocycles. The second kappa shape index (κ2) is 7.06. The van der Waals surface area contributed by atoms with Crippen LogP contribution in [-0.4, -0.2) is 27.8 Å². The number of nitrogens with zero attached hydrogens (tertiary/aromatic N) is 1. The molecular formula is C13H20N2O4. The van der Waals surface area contributed by atoms with Crippen LogP contribution in [0.15, 0.2) is 18.2 Å². The van der Waals surface area contributed by atoms with Crippen molar-refractivity contribution in [3.8, 4) is 0 Å². The number of nitro benzene ring substituents is 1. The van der Waals surface area contributed by atoms with Gasteiger partial charge in [-0.3, -0.25) is 10.1 Å². The Morgan fingerprint density at radius 3 is 2.63 bits per heavy atom. The number of nitrogens with one attached hydrogen (secondary N) is 1. The van der Waals surface area contributed by atoms with Crippen molar-refractivity contribution < 1.29 is 15.1 Å². The summed E-state index contributed by atoms with van der Waals surface area (Å²) in [5, 5.41) is 32.5. The Bertz CT molecular complexity index is 435. The fourth-order valence-corrected chi connectivity index (χ4v) is 1.67. The second-order valence-electron chi connectivity index (χ2n) is 4.79. The molecule has 0 aliphatic heterocycles. The molecule has 106 valence electrons. The fourth-order valence-electron chi connectivity index (χ4n) is 1.67. The Morgan fingerprint density at radius 1 is 1.42 bits per heavy atom. The molecule has 0 saturated carbocycles. The highest BCUT2D eigenvalue weighted by atomic mass is 16.6. The van der Waals surface area contributed by atoms with Crippen LogP contribution < -0.4 is 5.32 Å². The van der Waals surface area contributed by atoms with E-state index in [9.17, 15) is 15.2 Å². The Morgan fingerprint density at radius 2 is 2.11 bits per heavy atom. The van der Waals surface area contributed by atoms with Gasteiger partial charge in [0.1, 0.15) is 5.69 Å². The Labute approximate surface area is 112 Å². The molecule has 0 aliphatic rings. The Balaban J connectivity index is 2.72. The minimum absolute atomic E-state index is 0.0313. The van der Waals surface area contributed by atoms with Gasteiger partial charge in [0.2, 0.25) is 0 Å². The summed E-state index contributed by atoms with van der Waals surface area (Å²) in [5.41, 5.74) is 0.946. The van der Waals surface area contributed by atoms with Crippen molar-refractivity contribution >= 4 is 11.4 Å². The van der Waals surface area contributed by atoms with Gasteiger partial charge in [-0.05, 0) is 30.0 Å². The molecule has 0 saturated heterocycles. The van der Waals surface area contributed by atoms with E-state index >= 15 is 0 Å². The highest BCUT2D eigenvalue weighted by Crippen LogP contribution is 2.25. The summed E-state index contributed by atoms with van der Waals surface area (Å²) in [6.07, 6.45) is 0.0747. The lowest BCUT2D eigenvalue weighted by Gasteiger charge is -2.15. The maximum atomic E-state index is 10.9. The lowest BCUT2D eigenvalue weighted by atomic mass is 10.0. The molecule has 0 aliphatic carbocycles. The normalized spacial score (nSPS) is 12.5. The van der Waals surface area contributed by atoms with Gasteiger partial charge in [-0.25, -0.2) is 0 Å². The smallest absolute Gasteiger partial charge is 0.292 e. The van der Waals surface area contributed by atoms with Crippen LogP contribution in [0.3, 0.4) is 0 Å². The topological polar surface area (TPSA) is 95.6 Å². The highest BCUT2D eigenvalue weighted by Gasteiger charge is 2.15. The van der Waals surface area contributed by atoms with Crippen LogP contribution in [-0.2, 0) is 6.61 Å². The summed E-state index contributed by atoms with van der Waals surface area (Å²) < 4.78 is 0. The van der Waals surface area contributed by atoms with E-state index in [0.29, 0.717) is 24.2 Å². The van der Waals surface area contributed by atoms with Crippen molar-refractivity contribution in [3.05, 3.63) is 33.9 Å².